The van der Waals surface area contributed by atoms with Crippen LogP contribution in [-0.4, -0.2) is 18.0 Å². The van der Waals surface area contributed by atoms with Gasteiger partial charge in [-0.3, -0.25) is 14.9 Å². The van der Waals surface area contributed by atoms with Gasteiger partial charge in [-0.1, -0.05) is 0 Å². The van der Waals surface area contributed by atoms with Gasteiger partial charge in [0.2, 0.25) is 0 Å². The zero-order chi connectivity index (χ0) is 12.3. The Morgan fingerprint density at radius 1 is 1.56 bits per heavy atom. The molecule has 0 saturated heterocycles. The van der Waals surface area contributed by atoms with Crippen molar-refractivity contribution in [3.63, 3.8) is 0 Å². The molecule has 0 radical (unpaired) electrons. The predicted molar refractivity (Wildman–Crippen MR) is 53.5 cm³/mol. The summed E-state index contributed by atoms with van der Waals surface area (Å²) in [6.07, 6.45) is 0. The van der Waals surface area contributed by atoms with Gasteiger partial charge < -0.3 is 4.74 Å². The SMILES string of the molecule is COC(=O)C(C)c1cc([N+](=O)[O-])ccc1F. The molecular formula is C10H10FNO4. The van der Waals surface area contributed by atoms with Crippen molar-refractivity contribution in [1.82, 2.24) is 0 Å². The number of benzene rings is 1. The highest BCUT2D eigenvalue weighted by Gasteiger charge is 2.22. The number of esters is 1. The second kappa shape index (κ2) is 4.69. The number of nitro benzene ring substituents is 1. The molecule has 0 bridgehead atoms. The van der Waals surface area contributed by atoms with Crippen LogP contribution in [0.1, 0.15) is 18.4 Å². The third-order valence-corrected chi connectivity index (χ3v) is 2.21. The summed E-state index contributed by atoms with van der Waals surface area (Å²) in [5.74, 6) is -2.17. The standard InChI is InChI=1S/C10H10FNO4/c1-6(10(13)16-2)8-5-7(12(14)15)3-4-9(8)11/h3-6H,1-2H3. The molecule has 5 nitrogen and oxygen atoms in total. The molecule has 0 aliphatic heterocycles. The van der Waals surface area contributed by atoms with Gasteiger partial charge in [-0.05, 0) is 13.0 Å². The fraction of sp³-hybridized carbons (Fsp3) is 0.300. The van der Waals surface area contributed by atoms with Crippen molar-refractivity contribution in [3.05, 3.63) is 39.7 Å². The summed E-state index contributed by atoms with van der Waals surface area (Å²) in [6, 6.07) is 3.05. The smallest absolute Gasteiger partial charge is 0.312 e. The van der Waals surface area contributed by atoms with E-state index in [2.05, 4.69) is 4.74 Å². The fourth-order valence-electron chi connectivity index (χ4n) is 1.28. The maximum Gasteiger partial charge on any atom is 0.312 e. The highest BCUT2D eigenvalue weighted by Crippen LogP contribution is 2.24. The van der Waals surface area contributed by atoms with Crippen molar-refractivity contribution in [3.8, 4) is 0 Å². The summed E-state index contributed by atoms with van der Waals surface area (Å²) >= 11 is 0. The molecule has 0 aromatic heterocycles. The minimum atomic E-state index is -0.870. The van der Waals surface area contributed by atoms with Gasteiger partial charge in [0, 0.05) is 17.7 Å². The molecule has 0 fully saturated rings. The second-order valence-corrected chi connectivity index (χ2v) is 3.21. The van der Waals surface area contributed by atoms with E-state index in [9.17, 15) is 19.3 Å². The first-order valence-corrected chi connectivity index (χ1v) is 4.49. The minimum absolute atomic E-state index is 0.0407. The van der Waals surface area contributed by atoms with Crippen LogP contribution in [0.15, 0.2) is 18.2 Å². The van der Waals surface area contributed by atoms with Gasteiger partial charge >= 0.3 is 5.97 Å². The zero-order valence-electron chi connectivity index (χ0n) is 8.77. The summed E-state index contributed by atoms with van der Waals surface area (Å²) in [7, 11) is 1.17. The van der Waals surface area contributed by atoms with Crippen LogP contribution in [0.25, 0.3) is 0 Å². The number of rotatable bonds is 3. The van der Waals surface area contributed by atoms with Crippen molar-refractivity contribution in [2.24, 2.45) is 0 Å². The first-order valence-electron chi connectivity index (χ1n) is 4.49. The number of ether oxygens (including phenoxy) is 1. The fourth-order valence-corrected chi connectivity index (χ4v) is 1.28. The molecule has 0 aliphatic carbocycles. The molecule has 16 heavy (non-hydrogen) atoms. The quantitative estimate of drug-likeness (QED) is 0.450. The number of nitro groups is 1. The Morgan fingerprint density at radius 2 is 2.19 bits per heavy atom. The van der Waals surface area contributed by atoms with E-state index in [1.807, 2.05) is 0 Å². The van der Waals surface area contributed by atoms with Gasteiger partial charge in [-0.25, -0.2) is 4.39 Å². The van der Waals surface area contributed by atoms with Gasteiger partial charge in [0.05, 0.1) is 18.0 Å². The lowest BCUT2D eigenvalue weighted by Crippen LogP contribution is -2.12. The average molecular weight is 227 g/mol. The molecule has 1 aromatic rings. The van der Waals surface area contributed by atoms with E-state index in [0.717, 1.165) is 18.2 Å². The largest absolute Gasteiger partial charge is 0.469 e. The topological polar surface area (TPSA) is 69.4 Å². The Labute approximate surface area is 91.0 Å². The van der Waals surface area contributed by atoms with Crippen LogP contribution in [0.5, 0.6) is 0 Å². The van der Waals surface area contributed by atoms with Crippen LogP contribution in [-0.2, 0) is 9.53 Å². The number of hydrogen-bond donors (Lipinski definition) is 0. The molecule has 1 atom stereocenters. The molecule has 0 saturated carbocycles. The Morgan fingerprint density at radius 3 is 2.69 bits per heavy atom. The van der Waals surface area contributed by atoms with E-state index in [0.29, 0.717) is 0 Å². The van der Waals surface area contributed by atoms with Crippen LogP contribution < -0.4 is 0 Å². The number of carbonyl (C=O) groups is 1. The van der Waals surface area contributed by atoms with E-state index in [-0.39, 0.29) is 11.3 Å². The molecule has 1 rings (SSSR count). The average Bonchev–Trinajstić information content (AvgIpc) is 2.27. The molecule has 1 aromatic carbocycles. The van der Waals surface area contributed by atoms with E-state index >= 15 is 0 Å². The summed E-state index contributed by atoms with van der Waals surface area (Å²) in [5, 5.41) is 10.5. The summed E-state index contributed by atoms with van der Waals surface area (Å²) in [6.45, 7) is 1.42. The Hall–Kier alpha value is -1.98. The maximum absolute atomic E-state index is 13.3. The van der Waals surface area contributed by atoms with Gasteiger partial charge in [0.25, 0.3) is 5.69 Å². The predicted octanol–water partition coefficient (Wildman–Crippen LogP) is 2.01. The Bertz CT molecular complexity index is 433. The first-order chi connectivity index (χ1) is 7.47. The van der Waals surface area contributed by atoms with Crippen molar-refractivity contribution >= 4 is 11.7 Å². The van der Waals surface area contributed by atoms with Gasteiger partial charge in [0.1, 0.15) is 5.82 Å². The molecule has 6 heteroatoms. The monoisotopic (exact) mass is 227 g/mol. The van der Waals surface area contributed by atoms with Crippen molar-refractivity contribution in [2.45, 2.75) is 12.8 Å². The summed E-state index contributed by atoms with van der Waals surface area (Å²) < 4.78 is 17.8. The number of non-ortho nitro benzene ring substituents is 1. The van der Waals surface area contributed by atoms with E-state index in [4.69, 9.17) is 0 Å². The van der Waals surface area contributed by atoms with E-state index in [1.54, 1.807) is 0 Å². The second-order valence-electron chi connectivity index (χ2n) is 3.21. The van der Waals surface area contributed by atoms with Crippen molar-refractivity contribution in [2.75, 3.05) is 7.11 Å². The lowest BCUT2D eigenvalue weighted by Gasteiger charge is -2.09. The summed E-state index contributed by atoms with van der Waals surface area (Å²) in [4.78, 5) is 21.0. The third-order valence-electron chi connectivity index (χ3n) is 2.21. The van der Waals surface area contributed by atoms with E-state index in [1.165, 1.54) is 14.0 Å². The van der Waals surface area contributed by atoms with Crippen LogP contribution in [0.3, 0.4) is 0 Å². The molecule has 0 spiro atoms. The number of carbonyl (C=O) groups excluding carboxylic acids is 1. The number of methoxy groups -OCH3 is 1. The molecule has 0 N–H and O–H groups in total. The number of halogens is 1. The first kappa shape index (κ1) is 12.1. The minimum Gasteiger partial charge on any atom is -0.469 e. The normalized spacial score (nSPS) is 11.9. The van der Waals surface area contributed by atoms with Gasteiger partial charge in [-0.15, -0.1) is 0 Å². The molecule has 0 heterocycles. The van der Waals surface area contributed by atoms with E-state index < -0.39 is 22.6 Å². The zero-order valence-corrected chi connectivity index (χ0v) is 8.77. The molecule has 0 aliphatic rings. The van der Waals surface area contributed by atoms with Gasteiger partial charge in [0.15, 0.2) is 0 Å². The highest BCUT2D eigenvalue weighted by atomic mass is 19.1. The number of nitrogens with zero attached hydrogens (tertiary/aromatic N) is 1. The van der Waals surface area contributed by atoms with Crippen LogP contribution >= 0.6 is 0 Å². The molecule has 1 unspecified atom stereocenters. The maximum atomic E-state index is 13.3. The Balaban J connectivity index is 3.16. The van der Waals surface area contributed by atoms with Crippen molar-refractivity contribution < 1.29 is 18.8 Å². The lowest BCUT2D eigenvalue weighted by molar-refractivity contribution is -0.385. The number of hydrogen-bond acceptors (Lipinski definition) is 4. The van der Waals surface area contributed by atoms with Crippen LogP contribution in [0.4, 0.5) is 10.1 Å². The molecule has 86 valence electrons. The lowest BCUT2D eigenvalue weighted by atomic mass is 10.0. The van der Waals surface area contributed by atoms with Crippen molar-refractivity contribution in [1.29, 1.82) is 0 Å². The van der Waals surface area contributed by atoms with Crippen LogP contribution in [0, 0.1) is 15.9 Å². The third kappa shape index (κ3) is 2.33. The van der Waals surface area contributed by atoms with Gasteiger partial charge in [-0.2, -0.15) is 0 Å². The summed E-state index contributed by atoms with van der Waals surface area (Å²) in [5.41, 5.74) is -0.298. The Kier molecular flexibility index (Phi) is 3.55. The van der Waals surface area contributed by atoms with Crippen LogP contribution in [0.2, 0.25) is 0 Å². The highest BCUT2D eigenvalue weighted by molar-refractivity contribution is 5.77. The molecule has 0 amide bonds. The molecular weight excluding hydrogens is 217 g/mol.